The van der Waals surface area contributed by atoms with Crippen molar-refractivity contribution in [2.45, 2.75) is 28.7 Å². The first-order valence-electron chi connectivity index (χ1n) is 3.55. The molecule has 0 amide bonds. The minimum absolute atomic E-state index is 0.305. The summed E-state index contributed by atoms with van der Waals surface area (Å²) in [4.78, 5) is -1.86. The first kappa shape index (κ1) is 9.42. The molecule has 0 spiro atoms. The molecule has 0 aromatic heterocycles. The molecule has 2 aliphatic carbocycles. The van der Waals surface area contributed by atoms with Gasteiger partial charge in [-0.25, -0.2) is 0 Å². The van der Waals surface area contributed by atoms with Gasteiger partial charge in [0.2, 0.25) is 0 Å². The Balaban J connectivity index is 2.58. The molecular formula is C7H6Cl4O. The first-order chi connectivity index (χ1) is 5.43. The quantitative estimate of drug-likeness (QED) is 0.653. The number of hydrogen-bond acceptors (Lipinski definition) is 1. The van der Waals surface area contributed by atoms with E-state index in [2.05, 4.69) is 0 Å². The molecule has 2 atom stereocenters. The summed E-state index contributed by atoms with van der Waals surface area (Å²) in [6, 6.07) is 0. The van der Waals surface area contributed by atoms with E-state index < -0.39 is 15.9 Å². The van der Waals surface area contributed by atoms with Crippen molar-refractivity contribution in [3.63, 3.8) is 0 Å². The molecule has 2 unspecified atom stereocenters. The molecular weight excluding hydrogens is 242 g/mol. The topological polar surface area (TPSA) is 20.2 Å². The van der Waals surface area contributed by atoms with Crippen molar-refractivity contribution in [1.29, 1.82) is 0 Å². The Labute approximate surface area is 90.2 Å². The number of halogens is 4. The van der Waals surface area contributed by atoms with Gasteiger partial charge in [0.15, 0.2) is 0 Å². The minimum Gasteiger partial charge on any atom is -0.389 e. The molecule has 1 N–H and O–H groups in total. The molecule has 2 rings (SSSR count). The Hall–Kier alpha value is 0.860. The van der Waals surface area contributed by atoms with Gasteiger partial charge in [0.25, 0.3) is 0 Å². The average Bonchev–Trinajstić information content (AvgIpc) is 2.33. The van der Waals surface area contributed by atoms with Crippen LogP contribution < -0.4 is 0 Å². The summed E-state index contributed by atoms with van der Waals surface area (Å²) >= 11 is 23.9. The van der Waals surface area contributed by atoms with Crippen LogP contribution in [-0.4, -0.2) is 21.0 Å². The summed E-state index contributed by atoms with van der Waals surface area (Å²) in [5.41, 5.74) is 0. The van der Waals surface area contributed by atoms with Crippen LogP contribution in [0.4, 0.5) is 0 Å². The van der Waals surface area contributed by atoms with Crippen molar-refractivity contribution in [1.82, 2.24) is 0 Å². The fraction of sp³-hybridized carbons (Fsp3) is 0.714. The number of aliphatic hydroxyl groups excluding tert-OH is 1. The van der Waals surface area contributed by atoms with Gasteiger partial charge >= 0.3 is 0 Å². The van der Waals surface area contributed by atoms with Crippen molar-refractivity contribution < 1.29 is 5.11 Å². The van der Waals surface area contributed by atoms with Gasteiger partial charge in [-0.05, 0) is 12.8 Å². The number of aliphatic hydroxyl groups is 1. The van der Waals surface area contributed by atoms with E-state index in [1.54, 1.807) is 0 Å². The van der Waals surface area contributed by atoms with Crippen molar-refractivity contribution in [2.75, 3.05) is 0 Å². The second kappa shape index (κ2) is 2.46. The molecule has 0 aliphatic heterocycles. The van der Waals surface area contributed by atoms with Crippen LogP contribution in [0.3, 0.4) is 0 Å². The molecule has 0 aromatic rings. The molecule has 2 bridgehead atoms. The predicted molar refractivity (Wildman–Crippen MR) is 51.1 cm³/mol. The highest BCUT2D eigenvalue weighted by Gasteiger charge is 2.65. The summed E-state index contributed by atoms with van der Waals surface area (Å²) < 4.78 is 0. The molecule has 12 heavy (non-hydrogen) atoms. The Bertz CT molecular complexity index is 251. The summed E-state index contributed by atoms with van der Waals surface area (Å²) in [6.45, 7) is 0. The number of rotatable bonds is 0. The van der Waals surface area contributed by atoms with Crippen LogP contribution in [0.2, 0.25) is 0 Å². The average molecular weight is 248 g/mol. The van der Waals surface area contributed by atoms with Crippen LogP contribution in [0.5, 0.6) is 0 Å². The molecule has 0 radical (unpaired) electrons. The van der Waals surface area contributed by atoms with Gasteiger partial charge in [0, 0.05) is 0 Å². The zero-order valence-corrected chi connectivity index (χ0v) is 8.97. The van der Waals surface area contributed by atoms with Gasteiger partial charge in [-0.3, -0.25) is 0 Å². The molecule has 0 saturated heterocycles. The van der Waals surface area contributed by atoms with Crippen molar-refractivity contribution >= 4 is 46.4 Å². The summed E-state index contributed by atoms with van der Waals surface area (Å²) in [5.74, 6) is 0. The molecule has 0 aromatic carbocycles. The highest BCUT2D eigenvalue weighted by atomic mass is 35.5. The van der Waals surface area contributed by atoms with Crippen LogP contribution in [0.25, 0.3) is 0 Å². The molecule has 1 fully saturated rings. The Kier molecular flexibility index (Phi) is 1.93. The molecule has 1 nitrogen and oxygen atoms in total. The van der Waals surface area contributed by atoms with Gasteiger partial charge in [0.1, 0.15) is 15.9 Å². The monoisotopic (exact) mass is 246 g/mol. The number of fused-ring (bicyclic) bond motifs is 2. The number of hydrogen-bond donors (Lipinski definition) is 1. The zero-order chi connectivity index (χ0) is 9.15. The largest absolute Gasteiger partial charge is 0.389 e. The lowest BCUT2D eigenvalue weighted by Crippen LogP contribution is -2.36. The smallest absolute Gasteiger partial charge is 0.109 e. The first-order valence-corrected chi connectivity index (χ1v) is 5.06. The van der Waals surface area contributed by atoms with Gasteiger partial charge in [-0.15, -0.1) is 23.2 Å². The third-order valence-corrected chi connectivity index (χ3v) is 5.15. The SMILES string of the molecule is OC1C2(Cl)CCC1(Cl)C(Cl)=C2Cl. The normalized spacial score (nSPS) is 52.2. The minimum atomic E-state index is -0.930. The lowest BCUT2D eigenvalue weighted by Gasteiger charge is -2.21. The Morgan fingerprint density at radius 1 is 1.08 bits per heavy atom. The lowest BCUT2D eigenvalue weighted by atomic mass is 10.1. The lowest BCUT2D eigenvalue weighted by molar-refractivity contribution is 0.155. The van der Waals surface area contributed by atoms with E-state index in [1.807, 2.05) is 0 Å². The van der Waals surface area contributed by atoms with Gasteiger partial charge in [0.05, 0.1) is 10.1 Å². The maximum absolute atomic E-state index is 9.71. The van der Waals surface area contributed by atoms with E-state index in [9.17, 15) is 5.11 Å². The van der Waals surface area contributed by atoms with Crippen molar-refractivity contribution in [3.8, 4) is 0 Å². The molecule has 68 valence electrons. The standard InChI is InChI=1S/C7H6Cl4O/c8-3-4(9)7(11)2-1-6(3,10)5(7)12/h5,12H,1-2H2. The van der Waals surface area contributed by atoms with Gasteiger partial charge in [-0.1, -0.05) is 23.2 Å². The third-order valence-electron chi connectivity index (χ3n) is 2.64. The molecule has 5 heteroatoms. The Morgan fingerprint density at radius 3 is 1.58 bits per heavy atom. The van der Waals surface area contributed by atoms with Crippen molar-refractivity contribution in [2.24, 2.45) is 0 Å². The zero-order valence-electron chi connectivity index (χ0n) is 5.95. The second-order valence-corrected chi connectivity index (χ2v) is 5.36. The van der Waals surface area contributed by atoms with Crippen LogP contribution in [-0.2, 0) is 0 Å². The molecule has 1 saturated carbocycles. The summed E-state index contributed by atoms with van der Waals surface area (Å²) in [6.07, 6.45) is 0.288. The second-order valence-electron chi connectivity index (χ2n) is 3.26. The maximum atomic E-state index is 9.71. The fourth-order valence-corrected chi connectivity index (χ4v) is 3.46. The number of alkyl halides is 2. The maximum Gasteiger partial charge on any atom is 0.109 e. The van der Waals surface area contributed by atoms with E-state index in [4.69, 9.17) is 46.4 Å². The van der Waals surface area contributed by atoms with Crippen LogP contribution >= 0.6 is 46.4 Å². The van der Waals surface area contributed by atoms with E-state index in [0.29, 0.717) is 22.9 Å². The molecule has 0 heterocycles. The molecule has 2 aliphatic rings. The van der Waals surface area contributed by atoms with E-state index in [0.717, 1.165) is 0 Å². The van der Waals surface area contributed by atoms with Gasteiger partial charge < -0.3 is 5.11 Å². The van der Waals surface area contributed by atoms with Crippen LogP contribution in [0.1, 0.15) is 12.8 Å². The highest BCUT2D eigenvalue weighted by molar-refractivity contribution is 6.51. The van der Waals surface area contributed by atoms with Crippen molar-refractivity contribution in [3.05, 3.63) is 10.1 Å². The van der Waals surface area contributed by atoms with Crippen LogP contribution in [0.15, 0.2) is 10.1 Å². The van der Waals surface area contributed by atoms with Gasteiger partial charge in [-0.2, -0.15) is 0 Å². The predicted octanol–water partition coefficient (Wildman–Crippen LogP) is 2.80. The summed E-state index contributed by atoms with van der Waals surface area (Å²) in [5, 5.41) is 10.3. The Morgan fingerprint density at radius 2 is 1.42 bits per heavy atom. The third kappa shape index (κ3) is 0.821. The van der Waals surface area contributed by atoms with E-state index in [-0.39, 0.29) is 0 Å². The summed E-state index contributed by atoms with van der Waals surface area (Å²) in [7, 11) is 0. The van der Waals surface area contributed by atoms with E-state index in [1.165, 1.54) is 0 Å². The highest BCUT2D eigenvalue weighted by Crippen LogP contribution is 2.62. The van der Waals surface area contributed by atoms with E-state index >= 15 is 0 Å². The van der Waals surface area contributed by atoms with Crippen LogP contribution in [0, 0.1) is 0 Å². The fourth-order valence-electron chi connectivity index (χ4n) is 1.82.